The molecule has 0 atom stereocenters. The number of rotatable bonds is 4. The predicted molar refractivity (Wildman–Crippen MR) is 75.7 cm³/mol. The van der Waals surface area contributed by atoms with Crippen molar-refractivity contribution < 1.29 is 9.90 Å². The molecule has 1 saturated carbocycles. The first kappa shape index (κ1) is 14.5. The van der Waals surface area contributed by atoms with Crippen molar-refractivity contribution in [2.24, 2.45) is 0 Å². The molecule has 4 nitrogen and oxygen atoms in total. The molecule has 0 heterocycles. The summed E-state index contributed by atoms with van der Waals surface area (Å²) in [4.78, 5) is 11.9. The van der Waals surface area contributed by atoms with Gasteiger partial charge in [-0.25, -0.2) is 0 Å². The van der Waals surface area contributed by atoms with Crippen LogP contribution in [0.3, 0.4) is 0 Å². The third-order valence-electron chi connectivity index (χ3n) is 3.82. The van der Waals surface area contributed by atoms with Crippen LogP contribution < -0.4 is 5.32 Å². The van der Waals surface area contributed by atoms with E-state index in [9.17, 15) is 9.90 Å². The molecule has 1 aromatic carbocycles. The molecule has 106 valence electrons. The van der Waals surface area contributed by atoms with Gasteiger partial charge in [0.15, 0.2) is 0 Å². The third kappa shape index (κ3) is 4.07. The van der Waals surface area contributed by atoms with Crippen molar-refractivity contribution in [2.75, 3.05) is 0 Å². The van der Waals surface area contributed by atoms with Crippen molar-refractivity contribution >= 4 is 5.91 Å². The van der Waals surface area contributed by atoms with Gasteiger partial charge in [0, 0.05) is 6.54 Å². The van der Waals surface area contributed by atoms with Crippen LogP contribution in [-0.2, 0) is 11.3 Å². The van der Waals surface area contributed by atoms with Gasteiger partial charge in [-0.3, -0.25) is 4.79 Å². The van der Waals surface area contributed by atoms with Gasteiger partial charge in [-0.15, -0.1) is 0 Å². The molecular formula is C16H20N2O2. The lowest BCUT2D eigenvalue weighted by Crippen LogP contribution is -2.38. The van der Waals surface area contributed by atoms with E-state index in [1.807, 2.05) is 6.07 Å². The Morgan fingerprint density at radius 1 is 1.35 bits per heavy atom. The molecule has 1 aliphatic rings. The minimum Gasteiger partial charge on any atom is -0.389 e. The molecule has 1 aromatic rings. The summed E-state index contributed by atoms with van der Waals surface area (Å²) in [5.41, 5.74) is 0.660. The van der Waals surface area contributed by atoms with Gasteiger partial charge in [0.25, 0.3) is 0 Å². The molecule has 1 fully saturated rings. The van der Waals surface area contributed by atoms with E-state index < -0.39 is 5.60 Å². The first-order chi connectivity index (χ1) is 9.61. The number of nitrogens with zero attached hydrogens (tertiary/aromatic N) is 1. The molecule has 0 bridgehead atoms. The molecule has 0 aromatic heterocycles. The van der Waals surface area contributed by atoms with Gasteiger partial charge >= 0.3 is 0 Å². The fourth-order valence-corrected chi connectivity index (χ4v) is 2.70. The highest BCUT2D eigenvalue weighted by Crippen LogP contribution is 2.30. The van der Waals surface area contributed by atoms with Crippen molar-refractivity contribution in [1.82, 2.24) is 5.32 Å². The fraction of sp³-hybridized carbons (Fsp3) is 0.500. The first-order valence-corrected chi connectivity index (χ1v) is 7.09. The van der Waals surface area contributed by atoms with Gasteiger partial charge in [-0.05, 0) is 30.5 Å². The Bertz CT molecular complexity index is 513. The number of nitrogens with one attached hydrogen (secondary N) is 1. The number of hydrogen-bond acceptors (Lipinski definition) is 3. The zero-order valence-electron chi connectivity index (χ0n) is 11.6. The maximum Gasteiger partial charge on any atom is 0.223 e. The lowest BCUT2D eigenvalue weighted by Gasteiger charge is -2.31. The molecule has 0 aliphatic heterocycles. The molecule has 0 radical (unpaired) electrons. The summed E-state index contributed by atoms with van der Waals surface area (Å²) < 4.78 is 0. The maximum absolute atomic E-state index is 11.9. The van der Waals surface area contributed by atoms with Crippen LogP contribution in [0.15, 0.2) is 24.3 Å². The Kier molecular flexibility index (Phi) is 4.75. The van der Waals surface area contributed by atoms with E-state index in [0.717, 1.165) is 24.8 Å². The number of carbonyl (C=O) groups is 1. The van der Waals surface area contributed by atoms with Crippen LogP contribution >= 0.6 is 0 Å². The number of carbonyl (C=O) groups excluding carboxylic acids is 1. The second-order valence-corrected chi connectivity index (χ2v) is 5.55. The summed E-state index contributed by atoms with van der Waals surface area (Å²) in [7, 11) is 0. The minimum absolute atomic E-state index is 0.128. The normalized spacial score (nSPS) is 17.2. The molecule has 0 spiro atoms. The largest absolute Gasteiger partial charge is 0.389 e. The number of benzene rings is 1. The zero-order valence-corrected chi connectivity index (χ0v) is 11.6. The van der Waals surface area contributed by atoms with Crippen LogP contribution in [0.5, 0.6) is 0 Å². The van der Waals surface area contributed by atoms with Gasteiger partial charge in [0.1, 0.15) is 0 Å². The molecular weight excluding hydrogens is 252 g/mol. The van der Waals surface area contributed by atoms with Crippen LogP contribution in [0.1, 0.15) is 49.7 Å². The number of aliphatic hydroxyl groups is 1. The first-order valence-electron chi connectivity index (χ1n) is 7.09. The summed E-state index contributed by atoms with van der Waals surface area (Å²) in [6.07, 6.45) is 4.73. The smallest absolute Gasteiger partial charge is 0.223 e. The summed E-state index contributed by atoms with van der Waals surface area (Å²) in [6.45, 7) is 0.393. The van der Waals surface area contributed by atoms with E-state index in [1.54, 1.807) is 18.2 Å². The average molecular weight is 272 g/mol. The van der Waals surface area contributed by atoms with Gasteiger partial charge in [0.05, 0.1) is 23.7 Å². The van der Waals surface area contributed by atoms with E-state index in [4.69, 9.17) is 5.26 Å². The molecule has 20 heavy (non-hydrogen) atoms. The standard InChI is InChI=1S/C16H20N2O2/c17-11-13-5-4-6-14(9-13)12-18-15(19)10-16(20)7-2-1-3-8-16/h4-6,9,20H,1-3,7-8,10,12H2,(H,18,19). The number of nitriles is 1. The third-order valence-corrected chi connectivity index (χ3v) is 3.82. The lowest BCUT2D eigenvalue weighted by atomic mass is 9.82. The van der Waals surface area contributed by atoms with E-state index in [0.29, 0.717) is 24.9 Å². The highest BCUT2D eigenvalue weighted by Gasteiger charge is 2.31. The van der Waals surface area contributed by atoms with Crippen molar-refractivity contribution in [3.05, 3.63) is 35.4 Å². The van der Waals surface area contributed by atoms with Gasteiger partial charge in [-0.2, -0.15) is 5.26 Å². The van der Waals surface area contributed by atoms with Crippen LogP contribution in [0, 0.1) is 11.3 Å². The highest BCUT2D eigenvalue weighted by molar-refractivity contribution is 5.77. The molecule has 2 N–H and O–H groups in total. The van der Waals surface area contributed by atoms with Crippen molar-refractivity contribution in [1.29, 1.82) is 5.26 Å². The predicted octanol–water partition coefficient (Wildman–Crippen LogP) is 2.26. The Morgan fingerprint density at radius 3 is 2.80 bits per heavy atom. The van der Waals surface area contributed by atoms with E-state index >= 15 is 0 Å². The monoisotopic (exact) mass is 272 g/mol. The molecule has 4 heteroatoms. The average Bonchev–Trinajstić information content (AvgIpc) is 2.45. The minimum atomic E-state index is -0.823. The molecule has 1 aliphatic carbocycles. The summed E-state index contributed by atoms with van der Waals surface area (Å²) in [6, 6.07) is 9.24. The SMILES string of the molecule is N#Cc1cccc(CNC(=O)CC2(O)CCCCC2)c1. The zero-order chi connectivity index (χ0) is 14.4. The van der Waals surface area contributed by atoms with Crippen molar-refractivity contribution in [3.8, 4) is 6.07 Å². The van der Waals surface area contributed by atoms with Crippen LogP contribution in [0.4, 0.5) is 0 Å². The second-order valence-electron chi connectivity index (χ2n) is 5.55. The molecule has 0 unspecified atom stereocenters. The van der Waals surface area contributed by atoms with Gasteiger partial charge in [-0.1, -0.05) is 31.4 Å². The number of amides is 1. The summed E-state index contributed by atoms with van der Waals surface area (Å²) in [5, 5.41) is 22.0. The Balaban J connectivity index is 1.84. The summed E-state index contributed by atoms with van der Waals surface area (Å²) >= 11 is 0. The van der Waals surface area contributed by atoms with Crippen LogP contribution in [0.2, 0.25) is 0 Å². The van der Waals surface area contributed by atoms with E-state index in [-0.39, 0.29) is 12.3 Å². The van der Waals surface area contributed by atoms with Crippen molar-refractivity contribution in [3.63, 3.8) is 0 Å². The van der Waals surface area contributed by atoms with Crippen LogP contribution in [0.25, 0.3) is 0 Å². The van der Waals surface area contributed by atoms with Crippen molar-refractivity contribution in [2.45, 2.75) is 50.7 Å². The second kappa shape index (κ2) is 6.53. The Labute approximate surface area is 119 Å². The van der Waals surface area contributed by atoms with E-state index in [1.165, 1.54) is 0 Å². The molecule has 0 saturated heterocycles. The fourth-order valence-electron chi connectivity index (χ4n) is 2.70. The lowest BCUT2D eigenvalue weighted by molar-refractivity contribution is -0.127. The van der Waals surface area contributed by atoms with Gasteiger partial charge < -0.3 is 10.4 Å². The molecule has 1 amide bonds. The van der Waals surface area contributed by atoms with Crippen LogP contribution in [-0.4, -0.2) is 16.6 Å². The Morgan fingerprint density at radius 2 is 2.10 bits per heavy atom. The molecule has 2 rings (SSSR count). The Hall–Kier alpha value is -1.86. The number of hydrogen-bond donors (Lipinski definition) is 2. The quantitative estimate of drug-likeness (QED) is 0.883. The maximum atomic E-state index is 11.9. The van der Waals surface area contributed by atoms with Gasteiger partial charge in [0.2, 0.25) is 5.91 Å². The topological polar surface area (TPSA) is 73.1 Å². The van der Waals surface area contributed by atoms with E-state index in [2.05, 4.69) is 11.4 Å². The summed E-state index contributed by atoms with van der Waals surface area (Å²) in [5.74, 6) is -0.128. The highest BCUT2D eigenvalue weighted by atomic mass is 16.3.